The number of methoxy groups -OCH3 is 1. The number of hydrogen-bond donors (Lipinski definition) is 0. The minimum Gasteiger partial charge on any atom is -0.496 e. The number of carbonyl (C=O) groups excluding carboxylic acids is 1. The fourth-order valence-electron chi connectivity index (χ4n) is 3.88. The third-order valence-corrected chi connectivity index (χ3v) is 5.35. The van der Waals surface area contributed by atoms with Gasteiger partial charge in [0, 0.05) is 13.1 Å². The van der Waals surface area contributed by atoms with Gasteiger partial charge in [-0.25, -0.2) is 4.98 Å². The maximum absolute atomic E-state index is 13.6. The average molecular weight is 414 g/mol. The van der Waals surface area contributed by atoms with Crippen LogP contribution in [0.1, 0.15) is 35.1 Å². The number of aromatic nitrogens is 2. The summed E-state index contributed by atoms with van der Waals surface area (Å²) >= 11 is 0. The number of fused-ring (bicyclic) bond motifs is 1. The third-order valence-electron chi connectivity index (χ3n) is 5.35. The Hall–Kier alpha value is -3.60. The maximum Gasteiger partial charge on any atom is 0.258 e. The van der Waals surface area contributed by atoms with Crippen LogP contribution in [0.25, 0.3) is 11.0 Å². The van der Waals surface area contributed by atoms with Crippen LogP contribution in [0.5, 0.6) is 5.75 Å². The average Bonchev–Trinajstić information content (AvgIpc) is 3.16. The Labute approximate surface area is 182 Å². The largest absolute Gasteiger partial charge is 0.496 e. The number of nitrogens with zero attached hydrogens (tertiary/aromatic N) is 3. The molecule has 0 aliphatic heterocycles. The summed E-state index contributed by atoms with van der Waals surface area (Å²) in [5, 5.41) is 0. The van der Waals surface area contributed by atoms with Gasteiger partial charge in [0.15, 0.2) is 0 Å². The molecule has 0 radical (unpaired) electrons. The van der Waals surface area contributed by atoms with Crippen molar-refractivity contribution in [2.75, 3.05) is 7.11 Å². The molecule has 0 saturated carbocycles. The maximum atomic E-state index is 13.6. The molecule has 4 aromatic rings. The van der Waals surface area contributed by atoms with E-state index in [0.29, 0.717) is 24.4 Å². The van der Waals surface area contributed by atoms with Gasteiger partial charge in [0.1, 0.15) is 11.6 Å². The lowest BCUT2D eigenvalue weighted by atomic mass is 10.1. The topological polar surface area (TPSA) is 47.4 Å². The number of amides is 1. The number of ether oxygens (including phenoxy) is 1. The van der Waals surface area contributed by atoms with Crippen molar-refractivity contribution in [3.05, 3.63) is 95.8 Å². The van der Waals surface area contributed by atoms with Gasteiger partial charge in [0.05, 0.1) is 30.3 Å². The molecule has 0 unspecified atom stereocenters. The van der Waals surface area contributed by atoms with Gasteiger partial charge < -0.3 is 14.2 Å². The summed E-state index contributed by atoms with van der Waals surface area (Å²) in [5.41, 5.74) is 3.68. The number of aryl methyl sites for hydroxylation is 1. The molecule has 1 aromatic heterocycles. The van der Waals surface area contributed by atoms with Crippen LogP contribution >= 0.6 is 0 Å². The van der Waals surface area contributed by atoms with Crippen molar-refractivity contribution in [2.45, 2.75) is 33.0 Å². The normalized spacial score (nSPS) is 10.9. The molecule has 0 aliphatic rings. The number of hydrogen-bond acceptors (Lipinski definition) is 3. The molecule has 0 fully saturated rings. The van der Waals surface area contributed by atoms with Gasteiger partial charge in [-0.3, -0.25) is 4.79 Å². The quantitative estimate of drug-likeness (QED) is 0.394. The predicted molar refractivity (Wildman–Crippen MR) is 123 cm³/mol. The predicted octanol–water partition coefficient (Wildman–Crippen LogP) is 5.30. The Morgan fingerprint density at radius 3 is 2.42 bits per heavy atom. The zero-order valence-corrected chi connectivity index (χ0v) is 18.0. The number of imidazole rings is 1. The molecule has 1 amide bonds. The van der Waals surface area contributed by atoms with E-state index in [9.17, 15) is 4.79 Å². The van der Waals surface area contributed by atoms with Gasteiger partial charge in [-0.1, -0.05) is 61.5 Å². The monoisotopic (exact) mass is 413 g/mol. The molecule has 0 saturated heterocycles. The Bertz CT molecular complexity index is 1170. The highest BCUT2D eigenvalue weighted by molar-refractivity contribution is 5.97. The van der Waals surface area contributed by atoms with Crippen molar-refractivity contribution >= 4 is 16.9 Å². The highest BCUT2D eigenvalue weighted by atomic mass is 16.5. The summed E-state index contributed by atoms with van der Waals surface area (Å²) in [5.74, 6) is 1.39. The first-order valence-corrected chi connectivity index (χ1v) is 10.6. The zero-order valence-electron chi connectivity index (χ0n) is 18.0. The molecule has 4 rings (SSSR count). The van der Waals surface area contributed by atoms with E-state index in [1.165, 1.54) is 0 Å². The molecule has 3 aromatic carbocycles. The Balaban J connectivity index is 1.74. The van der Waals surface area contributed by atoms with Crippen molar-refractivity contribution in [3.8, 4) is 5.75 Å². The van der Waals surface area contributed by atoms with Crippen LogP contribution in [0.4, 0.5) is 0 Å². The summed E-state index contributed by atoms with van der Waals surface area (Å²) in [6, 6.07) is 25.6. The Kier molecular flexibility index (Phi) is 6.32. The molecule has 0 spiro atoms. The fraction of sp³-hybridized carbons (Fsp3) is 0.231. The van der Waals surface area contributed by atoms with Crippen LogP contribution in [-0.2, 0) is 19.6 Å². The smallest absolute Gasteiger partial charge is 0.258 e. The molecular weight excluding hydrogens is 386 g/mol. The van der Waals surface area contributed by atoms with E-state index in [2.05, 4.69) is 17.6 Å². The lowest BCUT2D eigenvalue weighted by Gasteiger charge is -2.24. The van der Waals surface area contributed by atoms with Gasteiger partial charge in [0.2, 0.25) is 0 Å². The Morgan fingerprint density at radius 1 is 0.935 bits per heavy atom. The van der Waals surface area contributed by atoms with Crippen LogP contribution in [-0.4, -0.2) is 27.5 Å². The van der Waals surface area contributed by atoms with Crippen LogP contribution in [0.2, 0.25) is 0 Å². The molecule has 0 bridgehead atoms. The summed E-state index contributed by atoms with van der Waals surface area (Å²) in [6.07, 6.45) is 0.993. The minimum absolute atomic E-state index is 0.0728. The van der Waals surface area contributed by atoms with E-state index in [4.69, 9.17) is 9.72 Å². The van der Waals surface area contributed by atoms with Crippen molar-refractivity contribution in [1.29, 1.82) is 0 Å². The fourth-order valence-corrected chi connectivity index (χ4v) is 3.88. The molecule has 31 heavy (non-hydrogen) atoms. The van der Waals surface area contributed by atoms with Gasteiger partial charge in [0.25, 0.3) is 5.91 Å². The van der Waals surface area contributed by atoms with Crippen LogP contribution in [0.15, 0.2) is 78.9 Å². The highest BCUT2D eigenvalue weighted by Gasteiger charge is 2.22. The number of benzene rings is 3. The summed E-state index contributed by atoms with van der Waals surface area (Å²) in [4.78, 5) is 20.3. The molecule has 1 heterocycles. The number of para-hydroxylation sites is 3. The van der Waals surface area contributed by atoms with Crippen LogP contribution < -0.4 is 4.74 Å². The van der Waals surface area contributed by atoms with Gasteiger partial charge in [-0.2, -0.15) is 0 Å². The van der Waals surface area contributed by atoms with Crippen LogP contribution in [0, 0.1) is 0 Å². The lowest BCUT2D eigenvalue weighted by molar-refractivity contribution is 0.0720. The molecular formula is C26H27N3O2. The van der Waals surface area contributed by atoms with Crippen molar-refractivity contribution in [2.24, 2.45) is 0 Å². The van der Waals surface area contributed by atoms with E-state index < -0.39 is 0 Å². The second-order valence-corrected chi connectivity index (χ2v) is 7.52. The number of rotatable bonds is 8. The van der Waals surface area contributed by atoms with Crippen LogP contribution in [0.3, 0.4) is 0 Å². The molecule has 0 aliphatic carbocycles. The van der Waals surface area contributed by atoms with Gasteiger partial charge >= 0.3 is 0 Å². The molecule has 5 heteroatoms. The first kappa shape index (κ1) is 20.7. The van der Waals surface area contributed by atoms with Crippen molar-refractivity contribution in [1.82, 2.24) is 14.5 Å². The van der Waals surface area contributed by atoms with E-state index in [-0.39, 0.29) is 5.91 Å². The highest BCUT2D eigenvalue weighted by Crippen LogP contribution is 2.23. The minimum atomic E-state index is -0.0728. The van der Waals surface area contributed by atoms with Crippen molar-refractivity contribution in [3.63, 3.8) is 0 Å². The summed E-state index contributed by atoms with van der Waals surface area (Å²) in [6.45, 7) is 3.92. The SMILES string of the molecule is CCCn1c(CN(Cc2ccccc2)C(=O)c2ccccc2OC)nc2ccccc21. The first-order chi connectivity index (χ1) is 15.2. The van der Waals surface area contributed by atoms with Crippen molar-refractivity contribution < 1.29 is 9.53 Å². The summed E-state index contributed by atoms with van der Waals surface area (Å²) < 4.78 is 7.68. The standard InChI is InChI=1S/C26H27N3O2/c1-3-17-29-23-15-9-8-14-22(23)27-25(29)19-28(18-20-11-5-4-6-12-20)26(30)21-13-7-10-16-24(21)31-2/h4-16H,3,17-19H2,1-2H3. The second-order valence-electron chi connectivity index (χ2n) is 7.52. The molecule has 0 N–H and O–H groups in total. The zero-order chi connectivity index (χ0) is 21.6. The molecule has 158 valence electrons. The summed E-state index contributed by atoms with van der Waals surface area (Å²) in [7, 11) is 1.59. The number of carbonyl (C=O) groups is 1. The van der Waals surface area contributed by atoms with Gasteiger partial charge in [-0.15, -0.1) is 0 Å². The second kappa shape index (κ2) is 9.47. The third kappa shape index (κ3) is 4.45. The van der Waals surface area contributed by atoms with E-state index in [1.807, 2.05) is 77.7 Å². The van der Waals surface area contributed by atoms with E-state index >= 15 is 0 Å². The first-order valence-electron chi connectivity index (χ1n) is 10.6. The Morgan fingerprint density at radius 2 is 1.65 bits per heavy atom. The molecule has 0 atom stereocenters. The van der Waals surface area contributed by atoms with E-state index in [0.717, 1.165) is 35.4 Å². The molecule has 5 nitrogen and oxygen atoms in total. The lowest BCUT2D eigenvalue weighted by Crippen LogP contribution is -2.31. The van der Waals surface area contributed by atoms with E-state index in [1.54, 1.807) is 7.11 Å². The van der Waals surface area contributed by atoms with Gasteiger partial charge in [-0.05, 0) is 36.2 Å².